The smallest absolute Gasteiger partial charge is 0.253 e. The van der Waals surface area contributed by atoms with E-state index >= 15 is 0 Å². The van der Waals surface area contributed by atoms with Crippen LogP contribution in [0.5, 0.6) is 0 Å². The van der Waals surface area contributed by atoms with Gasteiger partial charge in [0.15, 0.2) is 0 Å². The number of nitrogens with zero attached hydrogens (tertiary/aromatic N) is 2. The van der Waals surface area contributed by atoms with Gasteiger partial charge in [0.05, 0.1) is 6.04 Å². The molecule has 3 aliphatic rings. The number of benzene rings is 2. The molecular formula is C26H30N2O2. The predicted octanol–water partition coefficient (Wildman–Crippen LogP) is 4.46. The predicted molar refractivity (Wildman–Crippen MR) is 117 cm³/mol. The van der Waals surface area contributed by atoms with Gasteiger partial charge in [-0.15, -0.1) is 0 Å². The topological polar surface area (TPSA) is 40.6 Å². The van der Waals surface area contributed by atoms with E-state index in [4.69, 9.17) is 0 Å². The quantitative estimate of drug-likeness (QED) is 0.761. The third-order valence-electron chi connectivity index (χ3n) is 7.47. The van der Waals surface area contributed by atoms with Crippen LogP contribution in [0.3, 0.4) is 0 Å². The maximum Gasteiger partial charge on any atom is 0.253 e. The largest absolute Gasteiger partial charge is 0.338 e. The standard InChI is InChI=1S/C26H30N2O2/c1-18-9-5-8-14-22(18)24-23-17-27(25(29)19-10-3-2-4-11-19)15-21(23)16-28(24)26(30)20-12-6-7-13-20/h2-5,8-11,14,20-21,23-24H,6-7,12-13,15-17H2,1H3/t21-,23-,24+/m0/s1. The molecule has 156 valence electrons. The van der Waals surface area contributed by atoms with Crippen LogP contribution in [0.4, 0.5) is 0 Å². The zero-order chi connectivity index (χ0) is 20.7. The van der Waals surface area contributed by atoms with Crippen LogP contribution in [0.1, 0.15) is 53.2 Å². The van der Waals surface area contributed by atoms with E-state index in [0.29, 0.717) is 17.7 Å². The van der Waals surface area contributed by atoms with Crippen molar-refractivity contribution >= 4 is 11.8 Å². The van der Waals surface area contributed by atoms with Crippen molar-refractivity contribution in [3.8, 4) is 0 Å². The summed E-state index contributed by atoms with van der Waals surface area (Å²) < 4.78 is 0. The Balaban J connectivity index is 1.43. The first-order valence-corrected chi connectivity index (χ1v) is 11.3. The summed E-state index contributed by atoms with van der Waals surface area (Å²) in [7, 11) is 0. The van der Waals surface area contributed by atoms with E-state index in [1.54, 1.807) is 0 Å². The summed E-state index contributed by atoms with van der Waals surface area (Å²) in [5, 5.41) is 0. The third kappa shape index (κ3) is 3.32. The Morgan fingerprint density at radius 3 is 2.30 bits per heavy atom. The summed E-state index contributed by atoms with van der Waals surface area (Å²) in [6.07, 6.45) is 4.41. The molecule has 2 aromatic carbocycles. The number of carbonyl (C=O) groups excluding carboxylic acids is 2. The van der Waals surface area contributed by atoms with Crippen LogP contribution < -0.4 is 0 Å². The molecule has 3 atom stereocenters. The minimum absolute atomic E-state index is 0.0814. The Hall–Kier alpha value is -2.62. The fraction of sp³-hybridized carbons (Fsp3) is 0.462. The second-order valence-electron chi connectivity index (χ2n) is 9.27. The average Bonchev–Trinajstić information content (AvgIpc) is 3.50. The molecular weight excluding hydrogens is 372 g/mol. The lowest BCUT2D eigenvalue weighted by atomic mass is 9.87. The van der Waals surface area contributed by atoms with Crippen molar-refractivity contribution in [1.82, 2.24) is 9.80 Å². The van der Waals surface area contributed by atoms with Crippen molar-refractivity contribution in [2.45, 2.75) is 38.6 Å². The summed E-state index contributed by atoms with van der Waals surface area (Å²) in [4.78, 5) is 30.7. The molecule has 1 aliphatic carbocycles. The van der Waals surface area contributed by atoms with Gasteiger partial charge in [-0.2, -0.15) is 0 Å². The highest BCUT2D eigenvalue weighted by molar-refractivity contribution is 5.94. The maximum atomic E-state index is 13.5. The average molecular weight is 403 g/mol. The molecule has 30 heavy (non-hydrogen) atoms. The monoisotopic (exact) mass is 402 g/mol. The lowest BCUT2D eigenvalue weighted by Crippen LogP contribution is -2.39. The number of fused-ring (bicyclic) bond motifs is 1. The minimum Gasteiger partial charge on any atom is -0.338 e. The van der Waals surface area contributed by atoms with Crippen LogP contribution >= 0.6 is 0 Å². The molecule has 0 spiro atoms. The van der Waals surface area contributed by atoms with Crippen LogP contribution in [0.15, 0.2) is 54.6 Å². The van der Waals surface area contributed by atoms with Gasteiger partial charge in [0.25, 0.3) is 5.91 Å². The van der Waals surface area contributed by atoms with Gasteiger partial charge in [0.1, 0.15) is 0 Å². The Kier molecular flexibility index (Phi) is 5.10. The molecule has 4 nitrogen and oxygen atoms in total. The molecule has 2 aliphatic heterocycles. The van der Waals surface area contributed by atoms with Gasteiger partial charge in [-0.3, -0.25) is 9.59 Å². The highest BCUT2D eigenvalue weighted by Crippen LogP contribution is 2.47. The lowest BCUT2D eigenvalue weighted by Gasteiger charge is -2.32. The number of rotatable bonds is 3. The van der Waals surface area contributed by atoms with E-state index in [9.17, 15) is 9.59 Å². The molecule has 0 radical (unpaired) electrons. The van der Waals surface area contributed by atoms with Crippen molar-refractivity contribution in [2.75, 3.05) is 19.6 Å². The van der Waals surface area contributed by atoms with Crippen molar-refractivity contribution in [3.63, 3.8) is 0 Å². The molecule has 2 amide bonds. The van der Waals surface area contributed by atoms with Gasteiger partial charge in [-0.25, -0.2) is 0 Å². The summed E-state index contributed by atoms with van der Waals surface area (Å²) >= 11 is 0. The molecule has 2 saturated heterocycles. The van der Waals surface area contributed by atoms with Gasteiger partial charge in [-0.05, 0) is 43.0 Å². The molecule has 0 N–H and O–H groups in total. The second kappa shape index (κ2) is 7.90. The number of amides is 2. The van der Waals surface area contributed by atoms with E-state index in [1.807, 2.05) is 35.2 Å². The molecule has 2 heterocycles. The SMILES string of the molecule is Cc1ccccc1[C@@H]1[C@H]2CN(C(=O)c3ccccc3)C[C@H]2CN1C(=O)C1CCCC1. The third-order valence-corrected chi connectivity index (χ3v) is 7.47. The normalized spacial score (nSPS) is 26.2. The number of likely N-dealkylation sites (tertiary alicyclic amines) is 2. The molecule has 3 fully saturated rings. The van der Waals surface area contributed by atoms with E-state index in [0.717, 1.165) is 38.0 Å². The summed E-state index contributed by atoms with van der Waals surface area (Å²) in [5.41, 5.74) is 3.24. The fourth-order valence-corrected chi connectivity index (χ4v) is 5.93. The second-order valence-corrected chi connectivity index (χ2v) is 9.27. The Morgan fingerprint density at radius 1 is 0.867 bits per heavy atom. The van der Waals surface area contributed by atoms with Gasteiger partial charge in [0.2, 0.25) is 5.91 Å². The highest BCUT2D eigenvalue weighted by Gasteiger charge is 2.51. The Bertz CT molecular complexity index is 935. The van der Waals surface area contributed by atoms with Crippen molar-refractivity contribution < 1.29 is 9.59 Å². The number of hydrogen-bond donors (Lipinski definition) is 0. The summed E-state index contributed by atoms with van der Waals surface area (Å²) in [5.74, 6) is 1.31. The van der Waals surface area contributed by atoms with Gasteiger partial charge < -0.3 is 9.80 Å². The Labute approximate surface area is 178 Å². The van der Waals surface area contributed by atoms with Crippen LogP contribution in [0.2, 0.25) is 0 Å². The molecule has 0 aromatic heterocycles. The van der Waals surface area contributed by atoms with Gasteiger partial charge >= 0.3 is 0 Å². The van der Waals surface area contributed by atoms with Crippen molar-refractivity contribution in [1.29, 1.82) is 0 Å². The first-order valence-electron chi connectivity index (χ1n) is 11.3. The zero-order valence-corrected chi connectivity index (χ0v) is 17.7. The van der Waals surface area contributed by atoms with Crippen LogP contribution in [-0.2, 0) is 4.79 Å². The lowest BCUT2D eigenvalue weighted by molar-refractivity contribution is -0.136. The summed E-state index contributed by atoms with van der Waals surface area (Å²) in [6.45, 7) is 4.39. The maximum absolute atomic E-state index is 13.5. The van der Waals surface area contributed by atoms with Crippen molar-refractivity contribution in [3.05, 3.63) is 71.3 Å². The molecule has 5 rings (SSSR count). The number of carbonyl (C=O) groups is 2. The van der Waals surface area contributed by atoms with Gasteiger partial charge in [0, 0.05) is 43.0 Å². The minimum atomic E-state index is 0.0814. The highest BCUT2D eigenvalue weighted by atomic mass is 16.2. The van der Waals surface area contributed by atoms with Crippen LogP contribution in [0, 0.1) is 24.7 Å². The van der Waals surface area contributed by atoms with Crippen LogP contribution in [0.25, 0.3) is 0 Å². The van der Waals surface area contributed by atoms with E-state index < -0.39 is 0 Å². The number of aryl methyl sites for hydroxylation is 1. The first kappa shape index (κ1) is 19.3. The van der Waals surface area contributed by atoms with Crippen molar-refractivity contribution in [2.24, 2.45) is 17.8 Å². The van der Waals surface area contributed by atoms with Crippen LogP contribution in [-0.4, -0.2) is 41.2 Å². The Morgan fingerprint density at radius 2 is 1.57 bits per heavy atom. The van der Waals surface area contributed by atoms with E-state index in [1.165, 1.54) is 24.0 Å². The zero-order valence-electron chi connectivity index (χ0n) is 17.7. The summed E-state index contributed by atoms with van der Waals surface area (Å²) in [6, 6.07) is 18.1. The molecule has 0 bridgehead atoms. The first-order chi connectivity index (χ1) is 14.6. The van der Waals surface area contributed by atoms with E-state index in [-0.39, 0.29) is 17.9 Å². The fourth-order valence-electron chi connectivity index (χ4n) is 5.93. The molecule has 0 unspecified atom stereocenters. The number of hydrogen-bond acceptors (Lipinski definition) is 2. The molecule has 4 heteroatoms. The molecule has 2 aromatic rings. The molecule has 1 saturated carbocycles. The van der Waals surface area contributed by atoms with E-state index in [2.05, 4.69) is 36.1 Å². The van der Waals surface area contributed by atoms with Gasteiger partial charge in [-0.1, -0.05) is 55.3 Å².